The van der Waals surface area contributed by atoms with Crippen LogP contribution in [0.25, 0.3) is 10.4 Å². The van der Waals surface area contributed by atoms with Gasteiger partial charge in [0.25, 0.3) is 0 Å². The van der Waals surface area contributed by atoms with E-state index in [9.17, 15) is 14.7 Å². The third kappa shape index (κ3) is 15.5. The molecule has 1 aliphatic heterocycles. The molecule has 1 heterocycles. The zero-order valence-corrected chi connectivity index (χ0v) is 26.9. The average Bonchev–Trinajstić information content (AvgIpc) is 3.00. The Hall–Kier alpha value is -1.99. The van der Waals surface area contributed by atoms with E-state index in [0.29, 0.717) is 32.7 Å². The maximum atomic E-state index is 13.3. The second-order valence-electron chi connectivity index (χ2n) is 10.7. The maximum Gasteiger partial charge on any atom is 0.308 e. The fourth-order valence-electron chi connectivity index (χ4n) is 4.57. The summed E-state index contributed by atoms with van der Waals surface area (Å²) in [6, 6.07) is -0.967. The van der Waals surface area contributed by atoms with Crippen molar-refractivity contribution in [3.8, 4) is 0 Å². The lowest BCUT2D eigenvalue weighted by Gasteiger charge is -2.45. The number of nitrogens with zero attached hydrogens (tertiary/aromatic N) is 3. The SMILES string of the molecule is CCCCO[C@H](CC)CC(=O)NC1[C@@H](OCCN=[N+]=[N-])OC(CO)[C@@H](OCCCC)[C@@H]1OC(=O)C[C@@H](CC)OCCCC. The van der Waals surface area contributed by atoms with Gasteiger partial charge >= 0.3 is 5.97 Å². The highest BCUT2D eigenvalue weighted by molar-refractivity contribution is 5.77. The third-order valence-electron chi connectivity index (χ3n) is 7.19. The molecule has 43 heavy (non-hydrogen) atoms. The lowest BCUT2D eigenvalue weighted by atomic mass is 9.95. The van der Waals surface area contributed by atoms with Crippen molar-refractivity contribution in [2.24, 2.45) is 5.11 Å². The van der Waals surface area contributed by atoms with Crippen LogP contribution in [0.15, 0.2) is 5.11 Å². The van der Waals surface area contributed by atoms with Crippen LogP contribution in [0.2, 0.25) is 0 Å². The topological polar surface area (TPSA) is 171 Å². The van der Waals surface area contributed by atoms with Crippen LogP contribution in [0.3, 0.4) is 0 Å². The second-order valence-corrected chi connectivity index (χ2v) is 10.7. The summed E-state index contributed by atoms with van der Waals surface area (Å²) >= 11 is 0. The van der Waals surface area contributed by atoms with E-state index in [1.165, 1.54) is 0 Å². The van der Waals surface area contributed by atoms with Gasteiger partial charge in [0.05, 0.1) is 38.3 Å². The number of amides is 1. The molecule has 0 bridgehead atoms. The number of ether oxygens (including phenoxy) is 6. The Morgan fingerprint density at radius 1 is 0.884 bits per heavy atom. The minimum atomic E-state index is -1.11. The van der Waals surface area contributed by atoms with E-state index in [1.807, 2.05) is 20.8 Å². The lowest BCUT2D eigenvalue weighted by molar-refractivity contribution is -0.280. The number of carbonyl (C=O) groups excluding carboxylic acids is 2. The zero-order chi connectivity index (χ0) is 31.9. The summed E-state index contributed by atoms with van der Waals surface area (Å²) in [6.45, 7) is 11.1. The van der Waals surface area contributed by atoms with Crippen molar-refractivity contribution in [2.75, 3.05) is 39.6 Å². The summed E-state index contributed by atoms with van der Waals surface area (Å²) in [5.74, 6) is -0.844. The summed E-state index contributed by atoms with van der Waals surface area (Å²) in [6.07, 6.45) is 2.26. The van der Waals surface area contributed by atoms with Crippen LogP contribution >= 0.6 is 0 Å². The van der Waals surface area contributed by atoms with Crippen molar-refractivity contribution in [1.82, 2.24) is 5.32 Å². The molecule has 1 rings (SSSR count). The molecular formula is C30H56N4O9. The first-order valence-corrected chi connectivity index (χ1v) is 16.1. The average molecular weight is 617 g/mol. The molecule has 2 unspecified atom stereocenters. The number of azide groups is 1. The molecule has 0 radical (unpaired) electrons. The van der Waals surface area contributed by atoms with Crippen LogP contribution in [0.4, 0.5) is 0 Å². The number of aliphatic hydroxyl groups excluding tert-OH is 1. The normalized spacial score (nSPS) is 23.3. The number of esters is 1. The molecule has 0 aromatic rings. The van der Waals surface area contributed by atoms with E-state index in [0.717, 1.165) is 38.5 Å². The molecule has 0 spiro atoms. The molecule has 0 aromatic carbocycles. The molecule has 0 aliphatic carbocycles. The summed E-state index contributed by atoms with van der Waals surface area (Å²) in [5, 5.41) is 16.7. The van der Waals surface area contributed by atoms with Gasteiger partial charge < -0.3 is 38.8 Å². The van der Waals surface area contributed by atoms with Gasteiger partial charge in [-0.2, -0.15) is 0 Å². The number of rotatable bonds is 25. The first-order valence-electron chi connectivity index (χ1n) is 16.1. The molecular weight excluding hydrogens is 560 g/mol. The minimum absolute atomic E-state index is 0.0117. The van der Waals surface area contributed by atoms with Crippen molar-refractivity contribution in [1.29, 1.82) is 0 Å². The second kappa shape index (κ2) is 24.3. The summed E-state index contributed by atoms with van der Waals surface area (Å²) in [5.41, 5.74) is 8.66. The Morgan fingerprint density at radius 3 is 2.05 bits per heavy atom. The smallest absolute Gasteiger partial charge is 0.308 e. The Morgan fingerprint density at radius 2 is 1.49 bits per heavy atom. The van der Waals surface area contributed by atoms with Crippen molar-refractivity contribution in [3.05, 3.63) is 10.4 Å². The van der Waals surface area contributed by atoms with Gasteiger partial charge in [0.15, 0.2) is 12.4 Å². The van der Waals surface area contributed by atoms with E-state index < -0.39 is 43.2 Å². The summed E-state index contributed by atoms with van der Waals surface area (Å²) < 4.78 is 35.9. The van der Waals surface area contributed by atoms with Gasteiger partial charge in [0.1, 0.15) is 18.2 Å². The molecule has 250 valence electrons. The van der Waals surface area contributed by atoms with Gasteiger partial charge in [-0.25, -0.2) is 0 Å². The Bertz CT molecular complexity index is 800. The highest BCUT2D eigenvalue weighted by Crippen LogP contribution is 2.28. The third-order valence-corrected chi connectivity index (χ3v) is 7.19. The van der Waals surface area contributed by atoms with Gasteiger partial charge in [0, 0.05) is 31.3 Å². The molecule has 13 nitrogen and oxygen atoms in total. The first-order chi connectivity index (χ1) is 20.9. The van der Waals surface area contributed by atoms with Crippen LogP contribution in [0.1, 0.15) is 98.8 Å². The number of nitrogens with one attached hydrogen (secondary N) is 1. The van der Waals surface area contributed by atoms with Crippen LogP contribution in [0.5, 0.6) is 0 Å². The quantitative estimate of drug-likeness (QED) is 0.0490. The number of aliphatic hydroxyl groups is 1. The van der Waals surface area contributed by atoms with Gasteiger partial charge in [-0.15, -0.1) is 0 Å². The standard InChI is InChI=1S/C30H56N4O9/c1-6-11-15-38-22(9-4)19-25(36)33-27-29(43-26(37)20-23(10-5)39-16-12-7-2)28(40-17-13-8-3)24(21-35)42-30(27)41-18-14-32-34-31/h22-24,27-30,35H,6-21H2,1-5H3,(H,33,36)/t22-,23-,24?,27?,28-,29-,30+/m1/s1. The molecule has 1 saturated heterocycles. The monoisotopic (exact) mass is 616 g/mol. The highest BCUT2D eigenvalue weighted by atomic mass is 16.7. The number of carbonyl (C=O) groups is 2. The fraction of sp³-hybridized carbons (Fsp3) is 0.933. The van der Waals surface area contributed by atoms with E-state index in [1.54, 1.807) is 0 Å². The Labute approximate surface area is 257 Å². The van der Waals surface area contributed by atoms with Crippen LogP contribution in [-0.4, -0.2) is 99.4 Å². The highest BCUT2D eigenvalue weighted by Gasteiger charge is 2.50. The predicted molar refractivity (Wildman–Crippen MR) is 161 cm³/mol. The van der Waals surface area contributed by atoms with Crippen molar-refractivity contribution in [3.63, 3.8) is 0 Å². The molecule has 1 aliphatic rings. The van der Waals surface area contributed by atoms with Gasteiger partial charge in [-0.1, -0.05) is 59.0 Å². The van der Waals surface area contributed by atoms with Gasteiger partial charge in [0.2, 0.25) is 5.91 Å². The van der Waals surface area contributed by atoms with Crippen molar-refractivity contribution in [2.45, 2.75) is 142 Å². The largest absolute Gasteiger partial charge is 0.457 e. The van der Waals surface area contributed by atoms with Gasteiger partial charge in [-0.3, -0.25) is 9.59 Å². The molecule has 7 atom stereocenters. The van der Waals surface area contributed by atoms with E-state index in [2.05, 4.69) is 29.2 Å². The molecule has 1 fully saturated rings. The number of unbranched alkanes of at least 4 members (excludes halogenated alkanes) is 3. The van der Waals surface area contributed by atoms with Crippen LogP contribution < -0.4 is 5.32 Å². The summed E-state index contributed by atoms with van der Waals surface area (Å²) in [7, 11) is 0. The van der Waals surface area contributed by atoms with Crippen molar-refractivity contribution < 1.29 is 43.1 Å². The van der Waals surface area contributed by atoms with E-state index in [4.69, 9.17) is 34.0 Å². The van der Waals surface area contributed by atoms with Crippen LogP contribution in [0, 0.1) is 0 Å². The fourth-order valence-corrected chi connectivity index (χ4v) is 4.57. The zero-order valence-electron chi connectivity index (χ0n) is 26.9. The summed E-state index contributed by atoms with van der Waals surface area (Å²) in [4.78, 5) is 29.4. The van der Waals surface area contributed by atoms with E-state index >= 15 is 0 Å². The molecule has 2 N–H and O–H groups in total. The Kier molecular flexibility index (Phi) is 22.1. The number of hydrogen-bond acceptors (Lipinski definition) is 10. The molecule has 0 aromatic heterocycles. The molecule has 13 heteroatoms. The predicted octanol–water partition coefficient (Wildman–Crippen LogP) is 4.58. The van der Waals surface area contributed by atoms with E-state index in [-0.39, 0.29) is 44.1 Å². The van der Waals surface area contributed by atoms with Crippen LogP contribution in [-0.2, 0) is 38.0 Å². The lowest BCUT2D eigenvalue weighted by Crippen LogP contribution is -2.66. The minimum Gasteiger partial charge on any atom is -0.457 e. The molecule has 1 amide bonds. The molecule has 0 saturated carbocycles. The number of hydrogen-bond donors (Lipinski definition) is 2. The van der Waals surface area contributed by atoms with Crippen molar-refractivity contribution >= 4 is 11.9 Å². The van der Waals surface area contributed by atoms with Gasteiger partial charge in [-0.05, 0) is 37.6 Å². The maximum absolute atomic E-state index is 13.3. The first kappa shape index (κ1) is 39.0. The Balaban J connectivity index is 3.28.